The molecule has 0 aliphatic rings. The van der Waals surface area contributed by atoms with E-state index in [1.165, 1.54) is 0 Å². The van der Waals surface area contributed by atoms with Crippen molar-refractivity contribution in [3.8, 4) is 0 Å². The monoisotopic (exact) mass is 186 g/mol. The average molecular weight is 186 g/mol. The van der Waals surface area contributed by atoms with Crippen molar-refractivity contribution in [2.45, 2.75) is 47.5 Å². The Morgan fingerprint density at radius 3 is 2.08 bits per heavy atom. The summed E-state index contributed by atoms with van der Waals surface area (Å²) in [6, 6.07) is 0. The third-order valence-corrected chi connectivity index (χ3v) is 2.86. The summed E-state index contributed by atoms with van der Waals surface area (Å²) in [5.74, 6) is -0.412. The molecular formula is C11H22O2. The zero-order chi connectivity index (χ0) is 10.6. The fraction of sp³-hybridized carbons (Fsp3) is 0.909. The van der Waals surface area contributed by atoms with Crippen LogP contribution in [0.25, 0.3) is 0 Å². The molecule has 0 spiro atoms. The molecular weight excluding hydrogens is 164 g/mol. The lowest BCUT2D eigenvalue weighted by atomic mass is 9.73. The van der Waals surface area contributed by atoms with Gasteiger partial charge in [-0.25, -0.2) is 0 Å². The molecule has 0 aromatic carbocycles. The lowest BCUT2D eigenvalue weighted by Crippen LogP contribution is -2.31. The zero-order valence-electron chi connectivity index (χ0n) is 9.42. The highest BCUT2D eigenvalue weighted by Gasteiger charge is 2.33. The molecule has 1 atom stereocenters. The number of rotatable bonds is 5. The fourth-order valence-electron chi connectivity index (χ4n) is 1.47. The fourth-order valence-corrected chi connectivity index (χ4v) is 1.47. The third kappa shape index (κ3) is 3.79. The Balaban J connectivity index is 4.51. The van der Waals surface area contributed by atoms with E-state index in [9.17, 15) is 4.79 Å². The molecule has 0 amide bonds. The van der Waals surface area contributed by atoms with Gasteiger partial charge in [0.1, 0.15) is 0 Å². The standard InChI is InChI=1S/C11H22O2/c1-6-11(4,5)9(10(12)13)7-8(2)3/h8-9H,6-7H2,1-5H3,(H,12,13). The Labute approximate surface area is 81.3 Å². The minimum absolute atomic E-state index is 0.0872. The molecule has 0 aliphatic heterocycles. The van der Waals surface area contributed by atoms with Crippen LogP contribution in [0, 0.1) is 17.3 Å². The molecule has 1 unspecified atom stereocenters. The van der Waals surface area contributed by atoms with Crippen molar-refractivity contribution < 1.29 is 9.90 Å². The second kappa shape index (κ2) is 4.64. The maximum absolute atomic E-state index is 11.0. The smallest absolute Gasteiger partial charge is 0.307 e. The third-order valence-electron chi connectivity index (χ3n) is 2.86. The molecule has 0 rings (SSSR count). The zero-order valence-corrected chi connectivity index (χ0v) is 9.42. The summed E-state index contributed by atoms with van der Waals surface area (Å²) in [4.78, 5) is 11.0. The molecule has 0 heterocycles. The highest BCUT2D eigenvalue weighted by atomic mass is 16.4. The maximum atomic E-state index is 11.0. The average Bonchev–Trinajstić information content (AvgIpc) is 1.99. The maximum Gasteiger partial charge on any atom is 0.307 e. The van der Waals surface area contributed by atoms with Gasteiger partial charge in [-0.2, -0.15) is 0 Å². The summed E-state index contributed by atoms with van der Waals surface area (Å²) in [5, 5.41) is 9.09. The first-order valence-corrected chi connectivity index (χ1v) is 5.04. The summed E-state index contributed by atoms with van der Waals surface area (Å²) in [5.41, 5.74) is -0.0872. The first-order valence-electron chi connectivity index (χ1n) is 5.04. The quantitative estimate of drug-likeness (QED) is 0.716. The van der Waals surface area contributed by atoms with Crippen LogP contribution < -0.4 is 0 Å². The van der Waals surface area contributed by atoms with Crippen molar-refractivity contribution in [1.82, 2.24) is 0 Å². The van der Waals surface area contributed by atoms with Crippen LogP contribution in [0.4, 0.5) is 0 Å². The molecule has 0 aromatic rings. The molecule has 0 fully saturated rings. The van der Waals surface area contributed by atoms with E-state index in [2.05, 4.69) is 20.8 Å². The van der Waals surface area contributed by atoms with Crippen LogP contribution in [-0.2, 0) is 4.79 Å². The summed E-state index contributed by atoms with van der Waals surface area (Å²) >= 11 is 0. The molecule has 2 nitrogen and oxygen atoms in total. The molecule has 0 aromatic heterocycles. The molecule has 0 aliphatic carbocycles. The van der Waals surface area contributed by atoms with Gasteiger partial charge in [0.2, 0.25) is 0 Å². The molecule has 0 saturated heterocycles. The van der Waals surface area contributed by atoms with E-state index in [0.717, 1.165) is 12.8 Å². The van der Waals surface area contributed by atoms with Gasteiger partial charge < -0.3 is 5.11 Å². The van der Waals surface area contributed by atoms with Gasteiger partial charge in [-0.05, 0) is 17.8 Å². The SMILES string of the molecule is CCC(C)(C)C(CC(C)C)C(=O)O. The van der Waals surface area contributed by atoms with Gasteiger partial charge in [0.25, 0.3) is 0 Å². The lowest BCUT2D eigenvalue weighted by molar-refractivity contribution is -0.146. The van der Waals surface area contributed by atoms with Crippen LogP contribution in [0.2, 0.25) is 0 Å². The number of carboxylic acids is 1. The Hall–Kier alpha value is -0.530. The van der Waals surface area contributed by atoms with Gasteiger partial charge in [0.05, 0.1) is 5.92 Å². The predicted molar refractivity (Wildman–Crippen MR) is 54.7 cm³/mol. The van der Waals surface area contributed by atoms with E-state index in [1.54, 1.807) is 0 Å². The van der Waals surface area contributed by atoms with E-state index < -0.39 is 5.97 Å². The van der Waals surface area contributed by atoms with Crippen molar-refractivity contribution >= 4 is 5.97 Å². The minimum Gasteiger partial charge on any atom is -0.481 e. The Morgan fingerprint density at radius 1 is 1.38 bits per heavy atom. The van der Waals surface area contributed by atoms with Crippen LogP contribution >= 0.6 is 0 Å². The lowest BCUT2D eigenvalue weighted by Gasteiger charge is -2.31. The van der Waals surface area contributed by atoms with E-state index in [-0.39, 0.29) is 11.3 Å². The summed E-state index contributed by atoms with van der Waals surface area (Å²) in [6.45, 7) is 10.3. The van der Waals surface area contributed by atoms with Crippen LogP contribution in [0.3, 0.4) is 0 Å². The predicted octanol–water partition coefficient (Wildman–Crippen LogP) is 3.17. The van der Waals surface area contributed by atoms with Gasteiger partial charge in [-0.1, -0.05) is 41.0 Å². The van der Waals surface area contributed by atoms with Crippen LogP contribution in [0.1, 0.15) is 47.5 Å². The van der Waals surface area contributed by atoms with Crippen molar-refractivity contribution in [2.24, 2.45) is 17.3 Å². The van der Waals surface area contributed by atoms with Crippen LogP contribution in [-0.4, -0.2) is 11.1 Å². The summed E-state index contributed by atoms with van der Waals surface area (Å²) < 4.78 is 0. The van der Waals surface area contributed by atoms with Gasteiger partial charge in [0.15, 0.2) is 0 Å². The molecule has 1 N–H and O–H groups in total. The summed E-state index contributed by atoms with van der Waals surface area (Å²) in [6.07, 6.45) is 1.69. The Morgan fingerprint density at radius 2 is 1.85 bits per heavy atom. The first kappa shape index (κ1) is 12.5. The second-order valence-electron chi connectivity index (χ2n) is 4.86. The second-order valence-corrected chi connectivity index (χ2v) is 4.86. The van der Waals surface area contributed by atoms with Crippen LogP contribution in [0.15, 0.2) is 0 Å². The van der Waals surface area contributed by atoms with E-state index in [4.69, 9.17) is 5.11 Å². The van der Waals surface area contributed by atoms with Gasteiger partial charge in [-0.3, -0.25) is 4.79 Å². The number of aliphatic carboxylic acids is 1. The topological polar surface area (TPSA) is 37.3 Å². The molecule has 0 radical (unpaired) electrons. The largest absolute Gasteiger partial charge is 0.481 e. The number of carbonyl (C=O) groups is 1. The highest BCUT2D eigenvalue weighted by Crippen LogP contribution is 2.34. The van der Waals surface area contributed by atoms with Crippen molar-refractivity contribution in [1.29, 1.82) is 0 Å². The molecule has 2 heteroatoms. The molecule has 78 valence electrons. The molecule has 0 saturated carbocycles. The van der Waals surface area contributed by atoms with Gasteiger partial charge >= 0.3 is 5.97 Å². The summed E-state index contributed by atoms with van der Waals surface area (Å²) in [7, 11) is 0. The van der Waals surface area contributed by atoms with Crippen molar-refractivity contribution in [3.63, 3.8) is 0 Å². The number of hydrogen-bond donors (Lipinski definition) is 1. The normalized spacial score (nSPS) is 14.6. The number of hydrogen-bond acceptors (Lipinski definition) is 1. The van der Waals surface area contributed by atoms with E-state index >= 15 is 0 Å². The van der Waals surface area contributed by atoms with E-state index in [0.29, 0.717) is 5.92 Å². The Kier molecular flexibility index (Phi) is 4.45. The minimum atomic E-state index is -0.652. The highest BCUT2D eigenvalue weighted by molar-refractivity contribution is 5.70. The molecule has 0 bridgehead atoms. The van der Waals surface area contributed by atoms with Crippen molar-refractivity contribution in [2.75, 3.05) is 0 Å². The van der Waals surface area contributed by atoms with E-state index in [1.807, 2.05) is 13.8 Å². The first-order chi connectivity index (χ1) is 5.81. The van der Waals surface area contributed by atoms with Gasteiger partial charge in [-0.15, -0.1) is 0 Å². The molecule has 13 heavy (non-hydrogen) atoms. The van der Waals surface area contributed by atoms with Crippen molar-refractivity contribution in [3.05, 3.63) is 0 Å². The Bertz CT molecular complexity index is 171. The number of carboxylic acid groups (broad SMARTS) is 1. The van der Waals surface area contributed by atoms with Crippen LogP contribution in [0.5, 0.6) is 0 Å². The van der Waals surface area contributed by atoms with Gasteiger partial charge in [0, 0.05) is 0 Å².